The molecule has 4 heteroatoms. The number of para-hydroxylation sites is 1. The van der Waals surface area contributed by atoms with Crippen molar-refractivity contribution >= 4 is 27.9 Å². The zero-order valence-electron chi connectivity index (χ0n) is 8.59. The molecule has 79 valence electrons. The third-order valence-electron chi connectivity index (χ3n) is 1.94. The fraction of sp³-hybridized carbons (Fsp3) is 0.273. The van der Waals surface area contributed by atoms with E-state index in [2.05, 4.69) is 10.5 Å². The van der Waals surface area contributed by atoms with E-state index in [1.54, 1.807) is 6.21 Å². The molecule has 1 atom stereocenters. The van der Waals surface area contributed by atoms with E-state index in [1.165, 1.54) is 0 Å². The summed E-state index contributed by atoms with van der Waals surface area (Å²) in [6, 6.07) is 10.1. The monoisotopic (exact) mass is 221 g/mol. The number of hydrogen-bond acceptors (Lipinski definition) is 3. The third kappa shape index (κ3) is 2.46. The van der Waals surface area contributed by atoms with Crippen molar-refractivity contribution in [2.24, 2.45) is 5.10 Å². The molecule has 0 aromatic heterocycles. The first-order valence-corrected chi connectivity index (χ1v) is 6.19. The van der Waals surface area contributed by atoms with E-state index in [0.717, 1.165) is 12.3 Å². The molecule has 0 saturated carbocycles. The number of hydrogen-bond donors (Lipinski definition) is 0. The van der Waals surface area contributed by atoms with Gasteiger partial charge >= 0.3 is 0 Å². The first-order chi connectivity index (χ1) is 7.42. The van der Waals surface area contributed by atoms with Crippen LogP contribution in [0.4, 0.5) is 5.69 Å². The second-order valence-electron chi connectivity index (χ2n) is 2.95. The van der Waals surface area contributed by atoms with Gasteiger partial charge in [0.15, 0.2) is 0 Å². The zero-order valence-corrected chi connectivity index (χ0v) is 9.41. The Morgan fingerprint density at radius 1 is 1.40 bits per heavy atom. The van der Waals surface area contributed by atoms with Gasteiger partial charge in [-0.25, -0.2) is 4.41 Å². The van der Waals surface area contributed by atoms with Gasteiger partial charge in [0.05, 0.1) is 17.3 Å². The van der Waals surface area contributed by atoms with E-state index in [1.807, 2.05) is 41.7 Å². The lowest BCUT2D eigenvalue weighted by atomic mass is 10.3. The molecule has 1 aliphatic heterocycles. The molecule has 0 bridgehead atoms. The first kappa shape index (κ1) is 10.4. The molecular weight excluding hydrogens is 208 g/mol. The van der Waals surface area contributed by atoms with Gasteiger partial charge in [-0.05, 0) is 29.7 Å². The molecule has 1 aromatic rings. The highest BCUT2D eigenvalue weighted by Crippen LogP contribution is 2.29. The number of benzene rings is 1. The van der Waals surface area contributed by atoms with E-state index in [9.17, 15) is 0 Å². The van der Waals surface area contributed by atoms with Crippen molar-refractivity contribution in [1.82, 2.24) is 0 Å². The number of rotatable bonds is 4. The van der Waals surface area contributed by atoms with Gasteiger partial charge in [-0.3, -0.25) is 0 Å². The predicted molar refractivity (Wildman–Crippen MR) is 66.5 cm³/mol. The summed E-state index contributed by atoms with van der Waals surface area (Å²) in [5.41, 5.74) is 1.08. The van der Waals surface area contributed by atoms with Crippen LogP contribution in [-0.4, -0.2) is 24.1 Å². The summed E-state index contributed by atoms with van der Waals surface area (Å²) < 4.78 is 7.35. The maximum absolute atomic E-state index is 5.40. The fourth-order valence-electron chi connectivity index (χ4n) is 1.24. The molecule has 2 rings (SSSR count). The highest BCUT2D eigenvalue weighted by molar-refractivity contribution is 8.17. The maximum Gasteiger partial charge on any atom is 0.107 e. The molecule has 0 saturated heterocycles. The van der Waals surface area contributed by atoms with Gasteiger partial charge in [0.2, 0.25) is 0 Å². The van der Waals surface area contributed by atoms with Gasteiger partial charge in [0, 0.05) is 6.61 Å². The van der Waals surface area contributed by atoms with Gasteiger partial charge in [-0.2, -0.15) is 5.10 Å². The van der Waals surface area contributed by atoms with Crippen LogP contribution in [0.3, 0.4) is 0 Å². The van der Waals surface area contributed by atoms with Crippen molar-refractivity contribution in [3.8, 4) is 0 Å². The number of ether oxygens (including phenoxy) is 1. The van der Waals surface area contributed by atoms with Crippen molar-refractivity contribution in [1.29, 1.82) is 0 Å². The normalized spacial score (nSPS) is 19.3. The van der Waals surface area contributed by atoms with Crippen LogP contribution in [0.2, 0.25) is 0 Å². The van der Waals surface area contributed by atoms with Crippen molar-refractivity contribution in [3.63, 3.8) is 0 Å². The lowest BCUT2D eigenvalue weighted by molar-refractivity contribution is 0.199. The Balaban J connectivity index is 2.10. The summed E-state index contributed by atoms with van der Waals surface area (Å²) in [5.74, 6) is 0.658. The Labute approximate surface area is 92.4 Å². The Bertz CT molecular complexity index is 375. The SMILES string of the molecule is CCOCS1=[C]C=NN1c1ccccc1. The summed E-state index contributed by atoms with van der Waals surface area (Å²) in [7, 11) is -0.177. The minimum Gasteiger partial charge on any atom is -0.370 e. The average Bonchev–Trinajstić information content (AvgIpc) is 2.75. The third-order valence-corrected chi connectivity index (χ3v) is 3.43. The second-order valence-corrected chi connectivity index (χ2v) is 4.49. The summed E-state index contributed by atoms with van der Waals surface area (Å²) >= 11 is 0. The average molecular weight is 221 g/mol. The molecular formula is C11H13N2OS. The van der Waals surface area contributed by atoms with Crippen LogP contribution in [0.5, 0.6) is 0 Å². The van der Waals surface area contributed by atoms with E-state index >= 15 is 0 Å². The molecule has 0 fully saturated rings. The Morgan fingerprint density at radius 3 is 2.93 bits per heavy atom. The lowest BCUT2D eigenvalue weighted by Crippen LogP contribution is -2.08. The van der Waals surface area contributed by atoms with Gasteiger partial charge in [0.1, 0.15) is 5.94 Å². The topological polar surface area (TPSA) is 24.8 Å². The minimum atomic E-state index is -0.177. The van der Waals surface area contributed by atoms with Crippen molar-refractivity contribution in [2.75, 3.05) is 17.0 Å². The van der Waals surface area contributed by atoms with Crippen LogP contribution >= 0.6 is 10.7 Å². The Kier molecular flexibility index (Phi) is 3.53. The molecule has 1 aromatic carbocycles. The highest BCUT2D eigenvalue weighted by Gasteiger charge is 2.12. The van der Waals surface area contributed by atoms with Crippen LogP contribution in [0.15, 0.2) is 35.4 Å². The fourth-order valence-corrected chi connectivity index (χ4v) is 2.54. The van der Waals surface area contributed by atoms with E-state index < -0.39 is 0 Å². The number of hydrazone groups is 1. The molecule has 3 nitrogen and oxygen atoms in total. The van der Waals surface area contributed by atoms with Gasteiger partial charge < -0.3 is 4.74 Å². The molecule has 0 spiro atoms. The van der Waals surface area contributed by atoms with Gasteiger partial charge in [-0.15, -0.1) is 0 Å². The second kappa shape index (κ2) is 5.09. The smallest absolute Gasteiger partial charge is 0.107 e. The first-order valence-electron chi connectivity index (χ1n) is 4.84. The van der Waals surface area contributed by atoms with Crippen LogP contribution in [0, 0.1) is 0 Å². The summed E-state index contributed by atoms with van der Waals surface area (Å²) in [6.45, 7) is 2.72. The molecule has 0 N–H and O–H groups in total. The predicted octanol–water partition coefficient (Wildman–Crippen LogP) is 2.35. The van der Waals surface area contributed by atoms with Crippen molar-refractivity contribution < 1.29 is 4.74 Å². The van der Waals surface area contributed by atoms with E-state index in [-0.39, 0.29) is 10.7 Å². The van der Waals surface area contributed by atoms with Gasteiger partial charge in [-0.1, -0.05) is 18.2 Å². The maximum atomic E-state index is 5.40. The van der Waals surface area contributed by atoms with Crippen molar-refractivity contribution in [3.05, 3.63) is 30.3 Å². The molecule has 1 aliphatic rings. The molecule has 0 amide bonds. The highest BCUT2D eigenvalue weighted by atomic mass is 32.2. The molecule has 1 radical (unpaired) electrons. The largest absolute Gasteiger partial charge is 0.370 e. The summed E-state index contributed by atoms with van der Waals surface area (Å²) in [6.07, 6.45) is 1.72. The van der Waals surface area contributed by atoms with Crippen LogP contribution in [0.1, 0.15) is 6.92 Å². The Hall–Kier alpha value is -1.13. The number of anilines is 1. The molecule has 15 heavy (non-hydrogen) atoms. The van der Waals surface area contributed by atoms with Gasteiger partial charge in [0.25, 0.3) is 0 Å². The molecule has 1 unspecified atom stereocenters. The Morgan fingerprint density at radius 2 is 2.20 bits per heavy atom. The van der Waals surface area contributed by atoms with E-state index in [0.29, 0.717) is 5.94 Å². The van der Waals surface area contributed by atoms with Crippen LogP contribution in [-0.2, 0) is 4.74 Å². The van der Waals surface area contributed by atoms with E-state index in [4.69, 9.17) is 4.74 Å². The minimum absolute atomic E-state index is 0.177. The zero-order chi connectivity index (χ0) is 10.5. The van der Waals surface area contributed by atoms with Crippen LogP contribution in [0.25, 0.3) is 0 Å². The molecule has 0 aliphatic carbocycles. The quantitative estimate of drug-likeness (QED) is 0.729. The van der Waals surface area contributed by atoms with Crippen molar-refractivity contribution in [2.45, 2.75) is 6.92 Å². The lowest BCUT2D eigenvalue weighted by Gasteiger charge is -2.18. The summed E-state index contributed by atoms with van der Waals surface area (Å²) in [4.78, 5) is 0. The number of nitrogens with zero attached hydrogens (tertiary/aromatic N) is 2. The van der Waals surface area contributed by atoms with Crippen LogP contribution < -0.4 is 4.41 Å². The standard InChI is InChI=1S/C11H13N2OS/c1-2-14-10-15-9-8-12-13(15)11-6-4-3-5-7-11/h3-8H,2,10H2,1H3. The molecule has 1 heterocycles. The summed E-state index contributed by atoms with van der Waals surface area (Å²) in [5, 5.41) is 7.45.